The number of nitrogens with one attached hydrogen (secondary N) is 2. The fourth-order valence-corrected chi connectivity index (χ4v) is 3.12. The molecule has 0 heterocycles. The lowest BCUT2D eigenvalue weighted by Gasteiger charge is -2.20. The Balaban J connectivity index is 2.18. The van der Waals surface area contributed by atoms with Gasteiger partial charge in [0.25, 0.3) is 0 Å². The first-order valence-electron chi connectivity index (χ1n) is 6.69. The van der Waals surface area contributed by atoms with Gasteiger partial charge in [0.1, 0.15) is 4.32 Å². The van der Waals surface area contributed by atoms with Crippen molar-refractivity contribution < 1.29 is 0 Å². The number of thioether (sulfide) groups is 1. The molecule has 0 spiro atoms. The number of anilines is 1. The van der Waals surface area contributed by atoms with Crippen LogP contribution in [0.1, 0.15) is 13.8 Å². The summed E-state index contributed by atoms with van der Waals surface area (Å²) in [5.74, 6) is 0.909. The van der Waals surface area contributed by atoms with Gasteiger partial charge in [-0.2, -0.15) is 0 Å². The van der Waals surface area contributed by atoms with Crippen molar-refractivity contribution in [3.8, 4) is 0 Å². The molecule has 20 heavy (non-hydrogen) atoms. The van der Waals surface area contributed by atoms with Crippen LogP contribution in [-0.2, 0) is 0 Å². The lowest BCUT2D eigenvalue weighted by atomic mass is 10.3. The van der Waals surface area contributed by atoms with E-state index < -0.39 is 0 Å². The number of para-hydroxylation sites is 1. The van der Waals surface area contributed by atoms with Crippen molar-refractivity contribution in [1.29, 1.82) is 0 Å². The molecular weight excluding hydrogens is 306 g/mol. The third kappa shape index (κ3) is 6.54. The van der Waals surface area contributed by atoms with E-state index in [-0.39, 0.29) is 0 Å². The fraction of sp³-hybridized carbons (Fsp3) is 0.429. The second-order valence-electron chi connectivity index (χ2n) is 4.03. The quantitative estimate of drug-likeness (QED) is 0.615. The molecule has 0 aliphatic carbocycles. The molecular formula is C14H21N3S3. The van der Waals surface area contributed by atoms with Crippen molar-refractivity contribution in [2.45, 2.75) is 13.8 Å². The molecule has 1 rings (SSSR count). The third-order valence-electron chi connectivity index (χ3n) is 2.67. The Morgan fingerprint density at radius 3 is 2.40 bits per heavy atom. The molecule has 3 nitrogen and oxygen atoms in total. The van der Waals surface area contributed by atoms with Gasteiger partial charge in [-0.15, -0.1) is 0 Å². The lowest BCUT2D eigenvalue weighted by Crippen LogP contribution is -2.31. The molecule has 0 unspecified atom stereocenters. The summed E-state index contributed by atoms with van der Waals surface area (Å²) in [7, 11) is 0. The molecule has 2 N–H and O–H groups in total. The maximum atomic E-state index is 5.37. The SMILES string of the molecule is CCN(CC)C(=S)SCCNC(=S)Nc1ccccc1. The van der Waals surface area contributed by atoms with E-state index in [1.165, 1.54) is 0 Å². The highest BCUT2D eigenvalue weighted by Crippen LogP contribution is 2.08. The van der Waals surface area contributed by atoms with Gasteiger partial charge in [-0.05, 0) is 38.2 Å². The van der Waals surface area contributed by atoms with E-state index in [2.05, 4.69) is 29.4 Å². The van der Waals surface area contributed by atoms with Crippen LogP contribution in [0, 0.1) is 0 Å². The molecule has 0 amide bonds. The Morgan fingerprint density at radius 1 is 1.15 bits per heavy atom. The minimum Gasteiger partial charge on any atom is -0.362 e. The Labute approximate surface area is 136 Å². The minimum absolute atomic E-state index is 0.644. The van der Waals surface area contributed by atoms with E-state index in [9.17, 15) is 0 Å². The van der Waals surface area contributed by atoms with Crippen molar-refractivity contribution in [3.63, 3.8) is 0 Å². The van der Waals surface area contributed by atoms with Gasteiger partial charge in [-0.25, -0.2) is 0 Å². The number of hydrogen-bond acceptors (Lipinski definition) is 3. The summed E-state index contributed by atoms with van der Waals surface area (Å²) in [5.41, 5.74) is 0.997. The van der Waals surface area contributed by atoms with Crippen LogP contribution in [0.25, 0.3) is 0 Å². The predicted molar refractivity (Wildman–Crippen MR) is 98.6 cm³/mol. The largest absolute Gasteiger partial charge is 0.362 e. The molecule has 0 saturated heterocycles. The lowest BCUT2D eigenvalue weighted by molar-refractivity contribution is 0.482. The van der Waals surface area contributed by atoms with Crippen LogP contribution in [0.3, 0.4) is 0 Å². The van der Waals surface area contributed by atoms with Crippen LogP contribution in [0.4, 0.5) is 5.69 Å². The van der Waals surface area contributed by atoms with E-state index in [4.69, 9.17) is 24.4 Å². The molecule has 0 aromatic heterocycles. The standard InChI is InChI=1S/C14H21N3S3/c1-3-17(4-2)14(19)20-11-10-15-13(18)16-12-8-6-5-7-9-12/h5-9H,3-4,10-11H2,1-2H3,(H2,15,16,18). The monoisotopic (exact) mass is 327 g/mol. The average molecular weight is 328 g/mol. The number of rotatable bonds is 6. The van der Waals surface area contributed by atoms with E-state index in [1.54, 1.807) is 11.8 Å². The van der Waals surface area contributed by atoms with Crippen LogP contribution in [0.2, 0.25) is 0 Å². The van der Waals surface area contributed by atoms with Crippen LogP contribution in [-0.4, -0.2) is 39.7 Å². The van der Waals surface area contributed by atoms with Gasteiger partial charge in [-0.3, -0.25) is 0 Å². The zero-order valence-corrected chi connectivity index (χ0v) is 14.3. The molecule has 0 atom stereocenters. The van der Waals surface area contributed by atoms with Crippen LogP contribution in [0.5, 0.6) is 0 Å². The summed E-state index contributed by atoms with van der Waals surface area (Å²) in [5, 5.41) is 6.97. The Hall–Kier alpha value is -0.850. The number of hydrogen-bond donors (Lipinski definition) is 2. The molecule has 0 bridgehead atoms. The highest BCUT2D eigenvalue weighted by atomic mass is 32.2. The van der Waals surface area contributed by atoms with Crippen molar-refractivity contribution >= 4 is 51.3 Å². The molecule has 0 aliphatic rings. The van der Waals surface area contributed by atoms with Crippen LogP contribution < -0.4 is 10.6 Å². The number of nitrogens with zero attached hydrogens (tertiary/aromatic N) is 1. The summed E-state index contributed by atoms with van der Waals surface area (Å²) >= 11 is 12.3. The summed E-state index contributed by atoms with van der Waals surface area (Å²) in [4.78, 5) is 2.18. The normalized spacial score (nSPS) is 9.90. The third-order valence-corrected chi connectivity index (χ3v) is 4.44. The number of thiocarbonyl (C=S) groups is 2. The second-order valence-corrected chi connectivity index (χ2v) is 6.17. The summed E-state index contributed by atoms with van der Waals surface area (Å²) in [6.07, 6.45) is 0. The van der Waals surface area contributed by atoms with Crippen LogP contribution in [0.15, 0.2) is 30.3 Å². The Morgan fingerprint density at radius 2 is 1.80 bits per heavy atom. The maximum Gasteiger partial charge on any atom is 0.170 e. The first-order valence-corrected chi connectivity index (χ1v) is 8.49. The fourth-order valence-electron chi connectivity index (χ4n) is 1.57. The molecule has 0 radical (unpaired) electrons. The zero-order chi connectivity index (χ0) is 14.8. The summed E-state index contributed by atoms with van der Waals surface area (Å²) < 4.78 is 0.957. The van der Waals surface area contributed by atoms with Crippen molar-refractivity contribution in [2.24, 2.45) is 0 Å². The van der Waals surface area contributed by atoms with E-state index in [0.717, 1.165) is 35.4 Å². The maximum absolute atomic E-state index is 5.37. The molecule has 0 saturated carbocycles. The van der Waals surface area contributed by atoms with Crippen molar-refractivity contribution in [1.82, 2.24) is 10.2 Å². The zero-order valence-electron chi connectivity index (χ0n) is 11.9. The predicted octanol–water partition coefficient (Wildman–Crippen LogP) is 3.33. The first-order chi connectivity index (χ1) is 9.67. The van der Waals surface area contributed by atoms with Gasteiger partial charge in [0.05, 0.1) is 0 Å². The Bertz CT molecular complexity index is 419. The summed E-state index contributed by atoms with van der Waals surface area (Å²) in [6, 6.07) is 9.90. The second kappa shape index (κ2) is 9.96. The van der Waals surface area contributed by atoms with Gasteiger partial charge in [0.15, 0.2) is 5.11 Å². The minimum atomic E-state index is 0.644. The van der Waals surface area contributed by atoms with Crippen molar-refractivity contribution in [2.75, 3.05) is 30.7 Å². The van der Waals surface area contributed by atoms with Gasteiger partial charge in [0, 0.05) is 31.1 Å². The van der Waals surface area contributed by atoms with Crippen molar-refractivity contribution in [3.05, 3.63) is 30.3 Å². The summed E-state index contributed by atoms with van der Waals surface area (Å²) in [6.45, 7) is 6.96. The molecule has 0 fully saturated rings. The molecule has 1 aromatic rings. The number of benzene rings is 1. The van der Waals surface area contributed by atoms with Gasteiger partial charge < -0.3 is 15.5 Å². The first kappa shape index (κ1) is 17.2. The van der Waals surface area contributed by atoms with Gasteiger partial charge >= 0.3 is 0 Å². The smallest absolute Gasteiger partial charge is 0.170 e. The van der Waals surface area contributed by atoms with Crippen LogP contribution >= 0.6 is 36.2 Å². The van der Waals surface area contributed by atoms with Gasteiger partial charge in [-0.1, -0.05) is 42.2 Å². The topological polar surface area (TPSA) is 27.3 Å². The molecule has 6 heteroatoms. The molecule has 0 aliphatic heterocycles. The molecule has 110 valence electrons. The van der Waals surface area contributed by atoms with E-state index >= 15 is 0 Å². The van der Waals surface area contributed by atoms with Gasteiger partial charge in [0.2, 0.25) is 0 Å². The molecule has 1 aromatic carbocycles. The highest BCUT2D eigenvalue weighted by Gasteiger charge is 2.05. The Kier molecular flexibility index (Phi) is 8.57. The van der Waals surface area contributed by atoms with E-state index in [1.807, 2.05) is 30.3 Å². The average Bonchev–Trinajstić information content (AvgIpc) is 2.46. The highest BCUT2D eigenvalue weighted by molar-refractivity contribution is 8.22. The van der Waals surface area contributed by atoms with E-state index in [0.29, 0.717) is 5.11 Å².